The summed E-state index contributed by atoms with van der Waals surface area (Å²) >= 11 is 6.21. The molecule has 0 unspecified atom stereocenters. The average Bonchev–Trinajstić information content (AvgIpc) is 3.40. The maximum atomic E-state index is 12.4. The summed E-state index contributed by atoms with van der Waals surface area (Å²) in [4.78, 5) is 30.3. The second-order valence-corrected chi connectivity index (χ2v) is 7.00. The molecule has 9 heteroatoms. The van der Waals surface area contributed by atoms with Gasteiger partial charge in [-0.05, 0) is 48.4 Å². The first-order valence-corrected chi connectivity index (χ1v) is 9.58. The Bertz CT molecular complexity index is 1040. The molecule has 3 aromatic rings. The molecule has 1 aliphatic rings. The van der Waals surface area contributed by atoms with Gasteiger partial charge in [-0.2, -0.15) is 5.10 Å². The van der Waals surface area contributed by atoms with Crippen molar-refractivity contribution in [1.29, 1.82) is 0 Å². The van der Waals surface area contributed by atoms with Crippen LogP contribution in [0.4, 0.5) is 16.2 Å². The highest BCUT2D eigenvalue weighted by Gasteiger charge is 2.22. The van der Waals surface area contributed by atoms with E-state index in [0.29, 0.717) is 36.0 Å². The van der Waals surface area contributed by atoms with Gasteiger partial charge in [0.25, 0.3) is 0 Å². The largest absolute Gasteiger partial charge is 0.334 e. The van der Waals surface area contributed by atoms with Crippen LogP contribution in [-0.4, -0.2) is 33.2 Å². The van der Waals surface area contributed by atoms with Crippen LogP contribution < -0.4 is 15.5 Å². The second kappa shape index (κ2) is 8.32. The van der Waals surface area contributed by atoms with Crippen molar-refractivity contribution in [2.24, 2.45) is 0 Å². The third kappa shape index (κ3) is 4.38. The SMILES string of the molecule is O=C(NCc1ccnc(-n2cccn2)c1)Nc1cc(N2CCCC2=O)ccc1Cl. The van der Waals surface area contributed by atoms with Crippen molar-refractivity contribution in [3.05, 3.63) is 65.6 Å². The summed E-state index contributed by atoms with van der Waals surface area (Å²) in [6, 6.07) is 10.3. The quantitative estimate of drug-likeness (QED) is 0.674. The highest BCUT2D eigenvalue weighted by Crippen LogP contribution is 2.29. The Morgan fingerprint density at radius 1 is 1.21 bits per heavy atom. The highest BCUT2D eigenvalue weighted by molar-refractivity contribution is 6.33. The van der Waals surface area contributed by atoms with Crippen LogP contribution in [0.1, 0.15) is 18.4 Å². The molecular formula is C20H19ClN6O2. The molecule has 0 aliphatic carbocycles. The molecule has 29 heavy (non-hydrogen) atoms. The molecule has 1 aliphatic heterocycles. The summed E-state index contributed by atoms with van der Waals surface area (Å²) in [5.74, 6) is 0.745. The smallest absolute Gasteiger partial charge is 0.319 e. The minimum absolute atomic E-state index is 0.0772. The number of aromatic nitrogens is 3. The van der Waals surface area contributed by atoms with E-state index in [9.17, 15) is 9.59 Å². The van der Waals surface area contributed by atoms with Crippen LogP contribution in [0, 0.1) is 0 Å². The number of halogens is 1. The Hall–Kier alpha value is -3.39. The van der Waals surface area contributed by atoms with E-state index in [4.69, 9.17) is 11.6 Å². The third-order valence-electron chi connectivity index (χ3n) is 4.59. The van der Waals surface area contributed by atoms with Gasteiger partial charge in [-0.25, -0.2) is 14.5 Å². The van der Waals surface area contributed by atoms with Crippen molar-refractivity contribution in [3.8, 4) is 5.82 Å². The van der Waals surface area contributed by atoms with Crippen molar-refractivity contribution in [2.75, 3.05) is 16.8 Å². The van der Waals surface area contributed by atoms with Crippen LogP contribution in [0.2, 0.25) is 5.02 Å². The third-order valence-corrected chi connectivity index (χ3v) is 4.91. The first-order valence-electron chi connectivity index (χ1n) is 9.20. The van der Waals surface area contributed by atoms with Gasteiger partial charge in [0.15, 0.2) is 5.82 Å². The average molecular weight is 411 g/mol. The van der Waals surface area contributed by atoms with Gasteiger partial charge in [-0.15, -0.1) is 0 Å². The van der Waals surface area contributed by atoms with Crippen molar-refractivity contribution in [1.82, 2.24) is 20.1 Å². The number of urea groups is 1. The number of carbonyl (C=O) groups is 2. The topological polar surface area (TPSA) is 92.2 Å². The van der Waals surface area contributed by atoms with Gasteiger partial charge in [-0.3, -0.25) is 4.79 Å². The van der Waals surface area contributed by atoms with E-state index in [0.717, 1.165) is 17.7 Å². The number of benzene rings is 1. The van der Waals surface area contributed by atoms with Crippen LogP contribution in [0.3, 0.4) is 0 Å². The van der Waals surface area contributed by atoms with Crippen LogP contribution in [0.5, 0.6) is 0 Å². The summed E-state index contributed by atoms with van der Waals surface area (Å²) < 4.78 is 1.65. The number of rotatable bonds is 5. The molecule has 0 radical (unpaired) electrons. The number of nitrogens with one attached hydrogen (secondary N) is 2. The zero-order valence-electron chi connectivity index (χ0n) is 15.5. The highest BCUT2D eigenvalue weighted by atomic mass is 35.5. The fourth-order valence-corrected chi connectivity index (χ4v) is 3.31. The van der Waals surface area contributed by atoms with Crippen LogP contribution >= 0.6 is 11.6 Å². The molecule has 2 N–H and O–H groups in total. The van der Waals surface area contributed by atoms with E-state index < -0.39 is 6.03 Å². The monoisotopic (exact) mass is 410 g/mol. The van der Waals surface area contributed by atoms with Gasteiger partial charge < -0.3 is 15.5 Å². The van der Waals surface area contributed by atoms with Gasteiger partial charge in [0.05, 0.1) is 10.7 Å². The zero-order chi connectivity index (χ0) is 20.2. The van der Waals surface area contributed by atoms with Gasteiger partial charge >= 0.3 is 6.03 Å². The lowest BCUT2D eigenvalue weighted by Gasteiger charge is -2.17. The van der Waals surface area contributed by atoms with Crippen molar-refractivity contribution in [3.63, 3.8) is 0 Å². The van der Waals surface area contributed by atoms with E-state index in [1.807, 2.05) is 18.2 Å². The first kappa shape index (κ1) is 18.9. The van der Waals surface area contributed by atoms with E-state index in [1.165, 1.54) is 0 Å². The van der Waals surface area contributed by atoms with Gasteiger partial charge in [0.2, 0.25) is 5.91 Å². The van der Waals surface area contributed by atoms with Crippen LogP contribution in [-0.2, 0) is 11.3 Å². The Balaban J connectivity index is 1.40. The molecule has 8 nitrogen and oxygen atoms in total. The fraction of sp³-hybridized carbons (Fsp3) is 0.200. The maximum absolute atomic E-state index is 12.4. The Labute approximate surface area is 172 Å². The normalized spacial score (nSPS) is 13.6. The molecule has 0 saturated carbocycles. The molecule has 1 saturated heterocycles. The number of amides is 3. The minimum atomic E-state index is -0.394. The number of anilines is 2. The van der Waals surface area contributed by atoms with Crippen LogP contribution in [0.15, 0.2) is 55.0 Å². The molecule has 4 rings (SSSR count). The summed E-state index contributed by atoms with van der Waals surface area (Å²) in [5.41, 5.74) is 2.06. The van der Waals surface area contributed by atoms with Gasteiger partial charge in [-0.1, -0.05) is 11.6 Å². The van der Waals surface area contributed by atoms with Crippen molar-refractivity contribution >= 4 is 34.9 Å². The molecule has 1 fully saturated rings. The summed E-state index contributed by atoms with van der Waals surface area (Å²) in [5, 5.41) is 10.1. The summed E-state index contributed by atoms with van der Waals surface area (Å²) in [6.07, 6.45) is 6.51. The number of hydrogen-bond donors (Lipinski definition) is 2. The van der Waals surface area contributed by atoms with E-state index in [1.54, 1.807) is 46.4 Å². The standard InChI is InChI=1S/C20H19ClN6O2/c21-16-5-4-15(26-9-1-3-19(26)28)12-17(16)25-20(29)23-13-14-6-8-22-18(11-14)27-10-2-7-24-27/h2,4-8,10-12H,1,3,9,13H2,(H2,23,25,29). The molecule has 2 aromatic heterocycles. The molecule has 0 spiro atoms. The predicted octanol–water partition coefficient (Wildman–Crippen LogP) is 3.37. The number of nitrogens with zero attached hydrogens (tertiary/aromatic N) is 4. The first-order chi connectivity index (χ1) is 14.1. The maximum Gasteiger partial charge on any atom is 0.319 e. The van der Waals surface area contributed by atoms with Crippen molar-refractivity contribution < 1.29 is 9.59 Å². The van der Waals surface area contributed by atoms with Crippen molar-refractivity contribution in [2.45, 2.75) is 19.4 Å². The molecule has 0 bridgehead atoms. The van der Waals surface area contributed by atoms with Gasteiger partial charge in [0.1, 0.15) is 0 Å². The fourth-order valence-electron chi connectivity index (χ4n) is 3.15. The molecule has 0 atom stereocenters. The lowest BCUT2D eigenvalue weighted by Crippen LogP contribution is -2.29. The number of carbonyl (C=O) groups excluding carboxylic acids is 2. The number of pyridine rings is 1. The number of hydrogen-bond acceptors (Lipinski definition) is 4. The van der Waals surface area contributed by atoms with E-state index in [-0.39, 0.29) is 5.91 Å². The van der Waals surface area contributed by atoms with Crippen LogP contribution in [0.25, 0.3) is 5.82 Å². The Kier molecular flexibility index (Phi) is 5.44. The lowest BCUT2D eigenvalue weighted by molar-refractivity contribution is -0.117. The molecule has 3 heterocycles. The second-order valence-electron chi connectivity index (χ2n) is 6.59. The molecule has 3 amide bonds. The molecular weight excluding hydrogens is 392 g/mol. The Morgan fingerprint density at radius 3 is 2.86 bits per heavy atom. The Morgan fingerprint density at radius 2 is 2.10 bits per heavy atom. The summed E-state index contributed by atoms with van der Waals surface area (Å²) in [6.45, 7) is 0.983. The molecule has 148 valence electrons. The van der Waals surface area contributed by atoms with Gasteiger partial charge in [0, 0.05) is 43.8 Å². The van der Waals surface area contributed by atoms with E-state index in [2.05, 4.69) is 20.7 Å². The summed E-state index contributed by atoms with van der Waals surface area (Å²) in [7, 11) is 0. The minimum Gasteiger partial charge on any atom is -0.334 e. The zero-order valence-corrected chi connectivity index (χ0v) is 16.3. The predicted molar refractivity (Wildman–Crippen MR) is 110 cm³/mol. The van der Waals surface area contributed by atoms with E-state index >= 15 is 0 Å². The lowest BCUT2D eigenvalue weighted by atomic mass is 10.2. The molecule has 1 aromatic carbocycles.